The largest absolute Gasteiger partial charge is 0.491 e. The van der Waals surface area contributed by atoms with Crippen molar-refractivity contribution in [3.63, 3.8) is 0 Å². The van der Waals surface area contributed by atoms with E-state index < -0.39 is 0 Å². The van der Waals surface area contributed by atoms with Crippen LogP contribution in [0.1, 0.15) is 26.3 Å². The zero-order chi connectivity index (χ0) is 15.7. The number of benzene rings is 1. The van der Waals surface area contributed by atoms with Crippen LogP contribution in [0.4, 0.5) is 0 Å². The van der Waals surface area contributed by atoms with Crippen LogP contribution in [0.2, 0.25) is 0 Å². The molecule has 0 heterocycles. The normalized spacial score (nSPS) is 13.2. The Labute approximate surface area is 128 Å². The number of likely N-dealkylation sites (N-methyl/N-ethyl adjacent to an activating group) is 1. The SMILES string of the molecule is C[NH+](CCO)CCOCCOc1ccc(C(C)(C)C)cc1. The predicted octanol–water partition coefficient (Wildman–Crippen LogP) is 0.887. The molecule has 0 aliphatic heterocycles. The number of quaternary nitrogens is 1. The van der Waals surface area contributed by atoms with Gasteiger partial charge in [0.25, 0.3) is 0 Å². The van der Waals surface area contributed by atoms with Crippen molar-refractivity contribution in [3.8, 4) is 5.75 Å². The highest BCUT2D eigenvalue weighted by atomic mass is 16.5. The number of aliphatic hydroxyl groups excluding tert-OH is 1. The lowest BCUT2D eigenvalue weighted by molar-refractivity contribution is -0.880. The van der Waals surface area contributed by atoms with Gasteiger partial charge < -0.3 is 19.5 Å². The zero-order valence-corrected chi connectivity index (χ0v) is 13.8. The van der Waals surface area contributed by atoms with Gasteiger partial charge in [0.05, 0.1) is 26.9 Å². The van der Waals surface area contributed by atoms with Crippen molar-refractivity contribution in [1.29, 1.82) is 0 Å². The molecule has 0 spiro atoms. The minimum Gasteiger partial charge on any atom is -0.491 e. The Bertz CT molecular complexity index is 384. The van der Waals surface area contributed by atoms with E-state index in [4.69, 9.17) is 14.6 Å². The standard InChI is InChI=1S/C17H29NO3/c1-17(2,3)15-5-7-16(8-6-15)21-14-13-20-12-10-18(4)9-11-19/h5-8,19H,9-14H2,1-4H3/p+1. The van der Waals surface area contributed by atoms with Gasteiger partial charge in [0.15, 0.2) is 0 Å². The fourth-order valence-corrected chi connectivity index (χ4v) is 1.93. The molecule has 0 aromatic heterocycles. The smallest absolute Gasteiger partial charge is 0.119 e. The maximum atomic E-state index is 8.79. The minimum atomic E-state index is 0.171. The second-order valence-corrected chi connectivity index (χ2v) is 6.42. The van der Waals surface area contributed by atoms with Gasteiger partial charge in [0, 0.05) is 0 Å². The molecule has 0 radical (unpaired) electrons. The lowest BCUT2D eigenvalue weighted by Gasteiger charge is -2.19. The van der Waals surface area contributed by atoms with Gasteiger partial charge in [-0.05, 0) is 23.1 Å². The van der Waals surface area contributed by atoms with E-state index in [0.29, 0.717) is 19.8 Å². The lowest BCUT2D eigenvalue weighted by Crippen LogP contribution is -3.10. The van der Waals surface area contributed by atoms with E-state index in [9.17, 15) is 0 Å². The van der Waals surface area contributed by atoms with E-state index in [-0.39, 0.29) is 12.0 Å². The first-order chi connectivity index (χ1) is 9.93. The van der Waals surface area contributed by atoms with Crippen molar-refractivity contribution >= 4 is 0 Å². The van der Waals surface area contributed by atoms with Crippen molar-refractivity contribution in [2.45, 2.75) is 26.2 Å². The molecule has 0 amide bonds. The lowest BCUT2D eigenvalue weighted by atomic mass is 9.87. The molecule has 1 aromatic carbocycles. The number of aliphatic hydroxyl groups is 1. The fourth-order valence-electron chi connectivity index (χ4n) is 1.93. The molecule has 120 valence electrons. The molecule has 1 unspecified atom stereocenters. The Kier molecular flexibility index (Phi) is 7.72. The van der Waals surface area contributed by atoms with E-state index in [1.165, 1.54) is 10.5 Å². The van der Waals surface area contributed by atoms with Gasteiger partial charge in [-0.15, -0.1) is 0 Å². The molecular weight excluding hydrogens is 266 g/mol. The summed E-state index contributed by atoms with van der Waals surface area (Å²) in [6, 6.07) is 8.26. The van der Waals surface area contributed by atoms with Gasteiger partial charge in [-0.25, -0.2) is 0 Å². The van der Waals surface area contributed by atoms with Gasteiger partial charge in [0.2, 0.25) is 0 Å². The summed E-state index contributed by atoms with van der Waals surface area (Å²) >= 11 is 0. The summed E-state index contributed by atoms with van der Waals surface area (Å²) in [5.74, 6) is 0.884. The van der Waals surface area contributed by atoms with Gasteiger partial charge in [-0.3, -0.25) is 0 Å². The maximum Gasteiger partial charge on any atom is 0.119 e. The summed E-state index contributed by atoms with van der Waals surface area (Å²) in [5, 5.41) is 8.79. The molecule has 0 aliphatic rings. The Balaban J connectivity index is 2.16. The Morgan fingerprint density at radius 3 is 2.24 bits per heavy atom. The van der Waals surface area contributed by atoms with Gasteiger partial charge in [-0.1, -0.05) is 32.9 Å². The molecule has 1 atom stereocenters. The second kappa shape index (κ2) is 9.03. The van der Waals surface area contributed by atoms with Crippen molar-refractivity contribution in [2.24, 2.45) is 0 Å². The van der Waals surface area contributed by atoms with Crippen molar-refractivity contribution in [1.82, 2.24) is 0 Å². The Morgan fingerprint density at radius 1 is 1.00 bits per heavy atom. The molecular formula is C17H30NO3+. The highest BCUT2D eigenvalue weighted by Crippen LogP contribution is 2.24. The van der Waals surface area contributed by atoms with Crippen LogP contribution in [0.25, 0.3) is 0 Å². The third-order valence-corrected chi connectivity index (χ3v) is 3.43. The number of nitrogens with one attached hydrogen (secondary N) is 1. The van der Waals surface area contributed by atoms with Gasteiger partial charge >= 0.3 is 0 Å². The highest BCUT2D eigenvalue weighted by molar-refractivity contribution is 5.31. The van der Waals surface area contributed by atoms with Crippen LogP contribution in [0.3, 0.4) is 0 Å². The average Bonchev–Trinajstić information content (AvgIpc) is 2.42. The number of hydrogen-bond acceptors (Lipinski definition) is 3. The second-order valence-electron chi connectivity index (χ2n) is 6.42. The molecule has 0 bridgehead atoms. The van der Waals surface area contributed by atoms with Crippen LogP contribution in [0.15, 0.2) is 24.3 Å². The molecule has 0 saturated heterocycles. The van der Waals surface area contributed by atoms with Crippen LogP contribution in [-0.4, -0.2) is 51.7 Å². The minimum absolute atomic E-state index is 0.171. The van der Waals surface area contributed by atoms with Crippen LogP contribution >= 0.6 is 0 Å². The average molecular weight is 296 g/mol. The Hall–Kier alpha value is -1.10. The first-order valence-electron chi connectivity index (χ1n) is 7.66. The zero-order valence-electron chi connectivity index (χ0n) is 13.8. The van der Waals surface area contributed by atoms with E-state index in [0.717, 1.165) is 18.8 Å². The summed E-state index contributed by atoms with van der Waals surface area (Å²) in [5.41, 5.74) is 1.48. The molecule has 21 heavy (non-hydrogen) atoms. The third-order valence-electron chi connectivity index (χ3n) is 3.43. The topological polar surface area (TPSA) is 43.1 Å². The molecule has 0 saturated carbocycles. The van der Waals surface area contributed by atoms with Crippen molar-refractivity contribution in [3.05, 3.63) is 29.8 Å². The van der Waals surface area contributed by atoms with E-state index in [2.05, 4.69) is 32.9 Å². The summed E-state index contributed by atoms with van der Waals surface area (Å²) < 4.78 is 11.2. The summed E-state index contributed by atoms with van der Waals surface area (Å²) in [7, 11) is 2.05. The summed E-state index contributed by atoms with van der Waals surface area (Å²) in [4.78, 5) is 1.27. The van der Waals surface area contributed by atoms with Crippen molar-refractivity contribution in [2.75, 3.05) is 46.6 Å². The van der Waals surface area contributed by atoms with Gasteiger partial charge in [-0.2, -0.15) is 0 Å². The quantitative estimate of drug-likeness (QED) is 0.665. The Morgan fingerprint density at radius 2 is 1.67 bits per heavy atom. The first kappa shape index (κ1) is 18.0. The highest BCUT2D eigenvalue weighted by Gasteiger charge is 2.12. The van der Waals surface area contributed by atoms with E-state index in [1.54, 1.807) is 0 Å². The first-order valence-corrected chi connectivity index (χ1v) is 7.66. The molecule has 2 N–H and O–H groups in total. The number of rotatable bonds is 9. The molecule has 4 heteroatoms. The molecule has 4 nitrogen and oxygen atoms in total. The molecule has 0 fully saturated rings. The van der Waals surface area contributed by atoms with Crippen LogP contribution in [0, 0.1) is 0 Å². The maximum absolute atomic E-state index is 8.79. The van der Waals surface area contributed by atoms with Gasteiger partial charge in [0.1, 0.15) is 25.4 Å². The van der Waals surface area contributed by atoms with Crippen LogP contribution in [-0.2, 0) is 10.2 Å². The summed E-state index contributed by atoms with van der Waals surface area (Å²) in [6.45, 7) is 10.3. The van der Waals surface area contributed by atoms with Crippen molar-refractivity contribution < 1.29 is 19.5 Å². The molecule has 1 rings (SSSR count). The summed E-state index contributed by atoms with van der Waals surface area (Å²) in [6.07, 6.45) is 0. The third kappa shape index (κ3) is 7.46. The van der Waals surface area contributed by atoms with Crippen LogP contribution < -0.4 is 9.64 Å². The van der Waals surface area contributed by atoms with Crippen LogP contribution in [0.5, 0.6) is 5.75 Å². The van der Waals surface area contributed by atoms with E-state index >= 15 is 0 Å². The number of ether oxygens (including phenoxy) is 2. The monoisotopic (exact) mass is 296 g/mol. The number of hydrogen-bond donors (Lipinski definition) is 2. The predicted molar refractivity (Wildman–Crippen MR) is 85.2 cm³/mol. The van der Waals surface area contributed by atoms with E-state index in [1.807, 2.05) is 19.2 Å². The fraction of sp³-hybridized carbons (Fsp3) is 0.647. The molecule has 0 aliphatic carbocycles. The molecule has 1 aromatic rings.